The molecule has 65 heavy (non-hydrogen) atoms. The van der Waals surface area contributed by atoms with Gasteiger partial charge in [0.2, 0.25) is 0 Å². The Labute approximate surface area is 404 Å². The number of Topliss-reactive ketones (excluding diaryl/α,β-unsaturated/α-hetero) is 1. The summed E-state index contributed by atoms with van der Waals surface area (Å²) in [5.41, 5.74) is 10.6. The second-order valence-electron chi connectivity index (χ2n) is 19.2. The third kappa shape index (κ3) is 11.6. The van der Waals surface area contributed by atoms with E-state index in [1.54, 1.807) is 0 Å². The third-order valence-electron chi connectivity index (χ3n) is 14.1. The summed E-state index contributed by atoms with van der Waals surface area (Å²) in [7, 11) is 1.29. The number of carbonyl (C=O) groups excluding carboxylic acids is 3. The van der Waals surface area contributed by atoms with Crippen LogP contribution in [0.25, 0.3) is 35.2 Å². The van der Waals surface area contributed by atoms with Crippen molar-refractivity contribution in [3.05, 3.63) is 109 Å². The average molecular weight is 893 g/mol. The quantitative estimate of drug-likeness (QED) is 0.0361. The number of allylic oxidation sites excluding steroid dienone is 3. The molecule has 3 aliphatic rings. The number of ketones is 1. The number of methoxy groups -OCH3 is 1. The van der Waals surface area contributed by atoms with Crippen molar-refractivity contribution in [2.45, 2.75) is 139 Å². The molecule has 5 atom stereocenters. The largest absolute Gasteiger partial charge is 2.00 e. The fourth-order valence-corrected chi connectivity index (χ4v) is 9.96. The molecule has 0 unspecified atom stereocenters. The molecule has 346 valence electrons. The Balaban J connectivity index is 0.00000793. The van der Waals surface area contributed by atoms with Crippen LogP contribution in [0, 0.1) is 63.2 Å². The van der Waals surface area contributed by atoms with Crippen LogP contribution in [0.3, 0.4) is 0 Å². The molecule has 5 heterocycles. The minimum Gasteiger partial charge on any atom is -0.664 e. The van der Waals surface area contributed by atoms with Gasteiger partial charge in [0.05, 0.1) is 7.11 Å². The van der Waals surface area contributed by atoms with Gasteiger partial charge in [-0.25, -0.2) is 0 Å². The van der Waals surface area contributed by atoms with E-state index in [2.05, 4.69) is 62.0 Å². The Bertz CT molecular complexity index is 2450. The fraction of sp³-hybridized carbons (Fsp3) is 0.527. The zero-order valence-electron chi connectivity index (χ0n) is 41.0. The topological polar surface area (TPSA) is 126 Å². The van der Waals surface area contributed by atoms with Crippen molar-refractivity contribution in [3.63, 3.8) is 0 Å². The number of aromatic nitrogens is 3. The van der Waals surface area contributed by atoms with Gasteiger partial charge in [-0.2, -0.15) is 17.3 Å². The monoisotopic (exact) mass is 892 g/mol. The van der Waals surface area contributed by atoms with Crippen molar-refractivity contribution in [1.29, 1.82) is 0 Å². The predicted molar refractivity (Wildman–Crippen MR) is 264 cm³/mol. The molecule has 10 heteroatoms. The molecule has 0 radical (unpaired) electrons. The molecule has 9 nitrogen and oxygen atoms in total. The Hall–Kier alpha value is -4.28. The smallest absolute Gasteiger partial charge is 0.664 e. The summed E-state index contributed by atoms with van der Waals surface area (Å²) < 4.78 is 11.0. The predicted octanol–water partition coefficient (Wildman–Crippen LogP) is 10.2. The summed E-state index contributed by atoms with van der Waals surface area (Å²) in [5, 5.41) is 6.83. The van der Waals surface area contributed by atoms with Crippen LogP contribution in [-0.2, 0) is 25.5 Å². The number of fused-ring (bicyclic) bond motifs is 7. The van der Waals surface area contributed by atoms with Gasteiger partial charge in [-0.3, -0.25) is 14.4 Å². The van der Waals surface area contributed by atoms with E-state index in [1.807, 2.05) is 44.2 Å². The van der Waals surface area contributed by atoms with Gasteiger partial charge in [0.15, 0.2) is 5.78 Å². The van der Waals surface area contributed by atoms with Gasteiger partial charge in [0.1, 0.15) is 12.5 Å². The van der Waals surface area contributed by atoms with Gasteiger partial charge in [-0.15, -0.1) is 33.5 Å². The average Bonchev–Trinajstić information content (AvgIpc) is 3.99. The molecule has 1 saturated heterocycles. The molecule has 3 aromatic rings. The molecule has 6 rings (SSSR count). The number of ether oxygens (including phenoxy) is 2. The maximum Gasteiger partial charge on any atom is 2.00 e. The number of nitrogens with zero attached hydrogens (tertiary/aromatic N) is 4. The van der Waals surface area contributed by atoms with E-state index in [1.165, 1.54) is 51.2 Å². The van der Waals surface area contributed by atoms with E-state index in [9.17, 15) is 14.4 Å². The van der Waals surface area contributed by atoms with Crippen LogP contribution in [0.2, 0.25) is 0 Å². The number of hydrogen-bond donors (Lipinski definition) is 0. The van der Waals surface area contributed by atoms with Gasteiger partial charge in [0.25, 0.3) is 0 Å². The summed E-state index contributed by atoms with van der Waals surface area (Å²) >= 11 is 0. The van der Waals surface area contributed by atoms with Crippen LogP contribution in [0.5, 0.6) is 0 Å². The Morgan fingerprint density at radius 2 is 1.55 bits per heavy atom. The maximum absolute atomic E-state index is 14.4. The Morgan fingerprint density at radius 1 is 0.877 bits per heavy atom. The molecule has 1 aliphatic carbocycles. The van der Waals surface area contributed by atoms with Crippen molar-refractivity contribution >= 4 is 70.7 Å². The van der Waals surface area contributed by atoms with Crippen molar-refractivity contribution in [3.8, 4) is 0 Å². The van der Waals surface area contributed by atoms with Crippen LogP contribution >= 0.6 is 0 Å². The summed E-state index contributed by atoms with van der Waals surface area (Å²) in [6, 6.07) is 0. The molecule has 0 aromatic carbocycles. The van der Waals surface area contributed by atoms with Gasteiger partial charge in [0, 0.05) is 12.0 Å². The second-order valence-corrected chi connectivity index (χ2v) is 19.2. The minimum atomic E-state index is -1.22. The number of rotatable bonds is 20. The second kappa shape index (κ2) is 22.9. The van der Waals surface area contributed by atoms with Crippen molar-refractivity contribution < 1.29 is 23.9 Å². The molecule has 0 spiro atoms. The first-order chi connectivity index (χ1) is 30.6. The van der Waals surface area contributed by atoms with Crippen LogP contribution in [0.1, 0.15) is 173 Å². The normalized spacial score (nSPS) is 21.7. The van der Waals surface area contributed by atoms with Crippen LogP contribution < -0.4 is 25.7 Å². The summed E-state index contributed by atoms with van der Waals surface area (Å²) in [4.78, 5) is 56.6. The number of carbonyl (C=O) groups is 3. The fourth-order valence-electron chi connectivity index (χ4n) is 9.96. The van der Waals surface area contributed by atoms with Gasteiger partial charge in [-0.1, -0.05) is 150 Å². The molecule has 3 aromatic heterocycles. The zero-order valence-corrected chi connectivity index (χ0v) is 42.4. The first-order valence-electron chi connectivity index (χ1n) is 23.8. The van der Waals surface area contributed by atoms with Crippen LogP contribution in [0.15, 0.2) is 29.6 Å². The van der Waals surface area contributed by atoms with E-state index < -0.39 is 11.9 Å². The third-order valence-corrected chi connectivity index (χ3v) is 14.1. The van der Waals surface area contributed by atoms with E-state index in [4.69, 9.17) is 29.7 Å². The molecule has 8 bridgehead atoms. The van der Waals surface area contributed by atoms with Crippen molar-refractivity contribution in [1.82, 2.24) is 15.0 Å². The van der Waals surface area contributed by atoms with E-state index >= 15 is 0 Å². The van der Waals surface area contributed by atoms with E-state index in [0.29, 0.717) is 46.1 Å². The summed E-state index contributed by atoms with van der Waals surface area (Å²) in [6.07, 6.45) is 21.8. The van der Waals surface area contributed by atoms with Crippen LogP contribution in [0.4, 0.5) is 0 Å². The first kappa shape index (κ1) is 51.7. The Morgan fingerprint density at radius 3 is 2.23 bits per heavy atom. The summed E-state index contributed by atoms with van der Waals surface area (Å²) in [5.74, 6) is -1.03. The molecule has 2 aliphatic heterocycles. The molecule has 1 fully saturated rings. The molecule has 0 N–H and O–H groups in total. The maximum atomic E-state index is 14.4. The van der Waals surface area contributed by atoms with E-state index in [0.717, 1.165) is 87.6 Å². The molecular weight excluding hydrogens is 821 g/mol. The number of hydrogen-bond acceptors (Lipinski definition) is 5. The molecular formula is C55H71MgN4O5-3. The number of esters is 2. The summed E-state index contributed by atoms with van der Waals surface area (Å²) in [6.45, 7) is 28.0. The van der Waals surface area contributed by atoms with Gasteiger partial charge < -0.3 is 36.7 Å². The van der Waals surface area contributed by atoms with E-state index in [-0.39, 0.29) is 59.7 Å². The minimum absolute atomic E-state index is 0. The zero-order chi connectivity index (χ0) is 46.4. The molecule has 0 saturated carbocycles. The van der Waals surface area contributed by atoms with Crippen molar-refractivity contribution in [2.24, 2.45) is 35.5 Å². The van der Waals surface area contributed by atoms with Crippen molar-refractivity contribution in [2.75, 3.05) is 13.7 Å². The molecule has 0 amide bonds. The Kier molecular flexibility index (Phi) is 18.3. The van der Waals surface area contributed by atoms with Gasteiger partial charge >= 0.3 is 35.0 Å². The first-order valence-corrected chi connectivity index (χ1v) is 23.8. The standard InChI is InChI=1S/C55H72N4O5.Mg/c1-13-39-35(8)42-28-44-37(10)41(24-25-48(60)64-27-26-34(7)23-17-22-33(6)21-16-20-32(5)19-15-18-31(3)4)52(58-44)50-51(55(62)63-12)54(61)49-38(11)45(59-53(49)50)30-47-40(14-2)36(9)43(57-47)29-46(39)56-42;/h13,26,28-33,37,41,51H,1,6,14-25,27H2,2-5,7-12H3,(H-,58,59,61);/q-4;+2/p-1/b34-26-,43-29-,44-28-,47-30-;/t32-,33-,37+,41+,51-;/m1./s1. The van der Waals surface area contributed by atoms with Gasteiger partial charge in [-0.05, 0) is 82.3 Å². The SMILES string of the molecule is C=Cc1c2[n-]c(c1C)/C=C1\[N-]/C(=C3\c4[n-]c(c(C)c4C(=O)[C@@H]3C(=O)OC)/C=c3\[n-]/c(c(C)c3CC)=C\2)[C@@H](CCC(=O)OC/C=C(/C)CCC[C@H]([CH2-])CCC[C@H](C)CCCC(C)C)[C@@H]1C.[Mg+2]. The van der Waals surface area contributed by atoms with Crippen LogP contribution in [-0.4, -0.2) is 54.5 Å².